The summed E-state index contributed by atoms with van der Waals surface area (Å²) in [6.45, 7) is 1.80. The van der Waals surface area contributed by atoms with Crippen LogP contribution in [0.4, 0.5) is 10.1 Å². The van der Waals surface area contributed by atoms with Crippen LogP contribution >= 0.6 is 15.9 Å². The quantitative estimate of drug-likeness (QED) is 0.840. The van der Waals surface area contributed by atoms with Crippen LogP contribution in [0.3, 0.4) is 0 Å². The first-order valence-corrected chi connectivity index (χ1v) is 6.88. The Morgan fingerprint density at radius 3 is 2.70 bits per heavy atom. The summed E-state index contributed by atoms with van der Waals surface area (Å²) in [4.78, 5) is 12.1. The Morgan fingerprint density at radius 2 is 2.05 bits per heavy atom. The maximum atomic E-state index is 13.2. The van der Waals surface area contributed by atoms with E-state index in [9.17, 15) is 9.18 Å². The van der Waals surface area contributed by atoms with Crippen LogP contribution in [0.1, 0.15) is 28.9 Å². The number of anilines is 1. The molecule has 2 aromatic rings. The highest BCUT2D eigenvalue weighted by Gasteiger charge is 2.12. The second kappa shape index (κ2) is 6.05. The third kappa shape index (κ3) is 3.36. The molecule has 3 N–H and O–H groups in total. The third-order valence-corrected chi connectivity index (χ3v) is 3.68. The third-order valence-electron chi connectivity index (χ3n) is 2.95. The van der Waals surface area contributed by atoms with Crippen molar-refractivity contribution in [1.82, 2.24) is 5.32 Å². The zero-order chi connectivity index (χ0) is 14.7. The van der Waals surface area contributed by atoms with Gasteiger partial charge in [0.1, 0.15) is 5.82 Å². The van der Waals surface area contributed by atoms with E-state index in [4.69, 9.17) is 5.73 Å². The Kier molecular flexibility index (Phi) is 4.39. The molecule has 0 aromatic heterocycles. The molecule has 2 aromatic carbocycles. The molecular formula is C15H14BrFN2O. The number of nitrogen functional groups attached to an aromatic ring is 1. The zero-order valence-corrected chi connectivity index (χ0v) is 12.4. The molecule has 0 saturated carbocycles. The second-order valence-electron chi connectivity index (χ2n) is 4.49. The van der Waals surface area contributed by atoms with E-state index in [0.29, 0.717) is 16.8 Å². The first-order chi connectivity index (χ1) is 9.47. The molecule has 0 heterocycles. The van der Waals surface area contributed by atoms with Crippen molar-refractivity contribution in [1.29, 1.82) is 0 Å². The van der Waals surface area contributed by atoms with Crippen molar-refractivity contribution in [2.45, 2.75) is 13.0 Å². The van der Waals surface area contributed by atoms with Crippen LogP contribution in [0, 0.1) is 5.82 Å². The first kappa shape index (κ1) is 14.5. The summed E-state index contributed by atoms with van der Waals surface area (Å²) in [5, 5.41) is 2.81. The average Bonchev–Trinajstić information content (AvgIpc) is 2.41. The molecule has 1 amide bonds. The number of carbonyl (C=O) groups excluding carboxylic acids is 1. The molecule has 0 aliphatic rings. The van der Waals surface area contributed by atoms with Crippen LogP contribution < -0.4 is 11.1 Å². The highest BCUT2D eigenvalue weighted by Crippen LogP contribution is 2.21. The van der Waals surface area contributed by atoms with Crippen molar-refractivity contribution in [3.8, 4) is 0 Å². The minimum Gasteiger partial charge on any atom is -0.398 e. The van der Waals surface area contributed by atoms with Crippen molar-refractivity contribution in [3.63, 3.8) is 0 Å². The maximum Gasteiger partial charge on any atom is 0.251 e. The second-order valence-corrected chi connectivity index (χ2v) is 5.34. The van der Waals surface area contributed by atoms with Gasteiger partial charge in [0.15, 0.2) is 0 Å². The molecule has 104 valence electrons. The maximum absolute atomic E-state index is 13.2. The Hall–Kier alpha value is -1.88. The van der Waals surface area contributed by atoms with E-state index in [1.165, 1.54) is 12.1 Å². The van der Waals surface area contributed by atoms with Crippen LogP contribution in [0.2, 0.25) is 0 Å². The number of halogens is 2. The normalized spacial score (nSPS) is 11.9. The number of nitrogens with two attached hydrogens (primary N) is 1. The fourth-order valence-electron chi connectivity index (χ4n) is 1.82. The Bertz CT molecular complexity index is 646. The summed E-state index contributed by atoms with van der Waals surface area (Å²) in [6, 6.07) is 10.9. The molecule has 1 atom stereocenters. The van der Waals surface area contributed by atoms with E-state index in [1.54, 1.807) is 37.3 Å². The summed E-state index contributed by atoms with van der Waals surface area (Å²) in [5.74, 6) is -0.572. The lowest BCUT2D eigenvalue weighted by Gasteiger charge is -2.14. The average molecular weight is 337 g/mol. The van der Waals surface area contributed by atoms with E-state index < -0.39 is 0 Å². The number of amides is 1. The van der Waals surface area contributed by atoms with Crippen molar-refractivity contribution < 1.29 is 9.18 Å². The monoisotopic (exact) mass is 336 g/mol. The van der Waals surface area contributed by atoms with Crippen molar-refractivity contribution >= 4 is 27.5 Å². The number of rotatable bonds is 3. The summed E-state index contributed by atoms with van der Waals surface area (Å²) >= 11 is 3.28. The van der Waals surface area contributed by atoms with Gasteiger partial charge < -0.3 is 11.1 Å². The minimum absolute atomic E-state index is 0.249. The molecule has 0 saturated heterocycles. The molecule has 0 fully saturated rings. The molecule has 0 radical (unpaired) electrons. The molecule has 2 rings (SSSR count). The number of hydrogen-bond acceptors (Lipinski definition) is 2. The number of carbonyl (C=O) groups is 1. The number of benzene rings is 2. The predicted octanol–water partition coefficient (Wildman–Crippen LogP) is 3.66. The van der Waals surface area contributed by atoms with Crippen LogP contribution in [-0.2, 0) is 0 Å². The summed E-state index contributed by atoms with van der Waals surface area (Å²) < 4.78 is 13.9. The van der Waals surface area contributed by atoms with Gasteiger partial charge in [-0.25, -0.2) is 4.39 Å². The number of nitrogens with one attached hydrogen (secondary N) is 1. The minimum atomic E-state index is -0.323. The van der Waals surface area contributed by atoms with E-state index in [0.717, 1.165) is 4.47 Å². The molecule has 0 bridgehead atoms. The van der Waals surface area contributed by atoms with Crippen LogP contribution in [0.15, 0.2) is 46.9 Å². The highest BCUT2D eigenvalue weighted by molar-refractivity contribution is 9.10. The van der Waals surface area contributed by atoms with E-state index in [-0.39, 0.29) is 17.8 Å². The predicted molar refractivity (Wildman–Crippen MR) is 80.8 cm³/mol. The molecule has 0 unspecified atom stereocenters. The molecule has 3 nitrogen and oxygen atoms in total. The topological polar surface area (TPSA) is 55.1 Å². The molecule has 0 spiro atoms. The van der Waals surface area contributed by atoms with Gasteiger partial charge in [0, 0.05) is 15.7 Å². The lowest BCUT2D eigenvalue weighted by atomic mass is 10.1. The first-order valence-electron chi connectivity index (χ1n) is 6.08. The standard InChI is InChI=1S/C15H14BrFN2O/c1-9(10-3-2-4-12(17)7-10)19-15(20)11-5-6-13(16)14(18)8-11/h2-9H,18H2,1H3,(H,19,20)/t9-/m0/s1. The lowest BCUT2D eigenvalue weighted by molar-refractivity contribution is 0.0940. The Balaban J connectivity index is 2.13. The molecule has 0 aliphatic carbocycles. The van der Waals surface area contributed by atoms with Crippen molar-refractivity contribution in [2.24, 2.45) is 0 Å². The SMILES string of the molecule is C[C@H](NC(=O)c1ccc(Br)c(N)c1)c1cccc(F)c1. The van der Waals surface area contributed by atoms with Gasteiger partial charge in [0.05, 0.1) is 6.04 Å². The highest BCUT2D eigenvalue weighted by atomic mass is 79.9. The molecule has 20 heavy (non-hydrogen) atoms. The summed E-state index contributed by atoms with van der Waals surface area (Å²) in [7, 11) is 0. The summed E-state index contributed by atoms with van der Waals surface area (Å²) in [5.41, 5.74) is 7.42. The Morgan fingerprint density at radius 1 is 1.30 bits per heavy atom. The largest absolute Gasteiger partial charge is 0.398 e. The van der Waals surface area contributed by atoms with Gasteiger partial charge in [-0.15, -0.1) is 0 Å². The van der Waals surface area contributed by atoms with E-state index in [2.05, 4.69) is 21.2 Å². The van der Waals surface area contributed by atoms with Gasteiger partial charge in [-0.3, -0.25) is 4.79 Å². The van der Waals surface area contributed by atoms with Gasteiger partial charge >= 0.3 is 0 Å². The Labute approximate surface area is 125 Å². The molecule has 0 aliphatic heterocycles. The van der Waals surface area contributed by atoms with Gasteiger partial charge in [-0.1, -0.05) is 12.1 Å². The van der Waals surface area contributed by atoms with Gasteiger partial charge in [-0.2, -0.15) is 0 Å². The van der Waals surface area contributed by atoms with Gasteiger partial charge in [-0.05, 0) is 58.7 Å². The van der Waals surface area contributed by atoms with Crippen LogP contribution in [0.5, 0.6) is 0 Å². The van der Waals surface area contributed by atoms with Crippen molar-refractivity contribution in [3.05, 3.63) is 63.9 Å². The molecular weight excluding hydrogens is 323 g/mol. The lowest BCUT2D eigenvalue weighted by Crippen LogP contribution is -2.26. The van der Waals surface area contributed by atoms with Gasteiger partial charge in [0.2, 0.25) is 0 Å². The summed E-state index contributed by atoms with van der Waals surface area (Å²) in [6.07, 6.45) is 0. The van der Waals surface area contributed by atoms with E-state index in [1.807, 2.05) is 0 Å². The fourth-order valence-corrected chi connectivity index (χ4v) is 2.07. The fraction of sp³-hybridized carbons (Fsp3) is 0.133. The van der Waals surface area contributed by atoms with E-state index >= 15 is 0 Å². The number of hydrogen-bond donors (Lipinski definition) is 2. The van der Waals surface area contributed by atoms with Crippen LogP contribution in [0.25, 0.3) is 0 Å². The molecule has 5 heteroatoms. The van der Waals surface area contributed by atoms with Crippen molar-refractivity contribution in [2.75, 3.05) is 5.73 Å². The zero-order valence-electron chi connectivity index (χ0n) is 10.9. The smallest absolute Gasteiger partial charge is 0.251 e. The van der Waals surface area contributed by atoms with Gasteiger partial charge in [0.25, 0.3) is 5.91 Å². The van der Waals surface area contributed by atoms with Crippen LogP contribution in [-0.4, -0.2) is 5.91 Å².